The van der Waals surface area contributed by atoms with Gasteiger partial charge in [0.25, 0.3) is 0 Å². The van der Waals surface area contributed by atoms with Crippen LogP contribution in [-0.2, 0) is 14.3 Å². The average Bonchev–Trinajstić information content (AvgIpc) is 2.27. The topological polar surface area (TPSA) is 87.7 Å². The van der Waals surface area contributed by atoms with Crippen LogP contribution in [0.5, 0.6) is 0 Å². The first-order chi connectivity index (χ1) is 8.40. The van der Waals surface area contributed by atoms with Crippen molar-refractivity contribution in [2.24, 2.45) is 5.92 Å². The first kappa shape index (κ1) is 16.4. The fourth-order valence-corrected chi connectivity index (χ4v) is 1.42. The van der Waals surface area contributed by atoms with Crippen molar-refractivity contribution in [1.82, 2.24) is 15.5 Å². The highest BCUT2D eigenvalue weighted by Crippen LogP contribution is 2.00. The Balaban J connectivity index is 4.00. The third kappa shape index (κ3) is 6.85. The summed E-state index contributed by atoms with van der Waals surface area (Å²) in [5, 5.41) is 4.64. The number of amides is 3. The molecule has 0 radical (unpaired) electrons. The normalized spacial score (nSPS) is 11.8. The second kappa shape index (κ2) is 8.46. The molecular weight excluding hydrogens is 238 g/mol. The molecule has 0 aromatic rings. The number of urea groups is 1. The number of imide groups is 1. The van der Waals surface area contributed by atoms with E-state index in [1.807, 2.05) is 0 Å². The summed E-state index contributed by atoms with van der Waals surface area (Å²) in [5.74, 6) is -1.07. The second-order valence-corrected chi connectivity index (χ2v) is 4.03. The van der Waals surface area contributed by atoms with Crippen molar-refractivity contribution in [2.75, 3.05) is 33.8 Å². The minimum Gasteiger partial charge on any atom is -0.469 e. The maximum atomic E-state index is 11.4. The summed E-state index contributed by atoms with van der Waals surface area (Å²) < 4.78 is 4.58. The van der Waals surface area contributed by atoms with Crippen LogP contribution in [0.3, 0.4) is 0 Å². The van der Waals surface area contributed by atoms with Gasteiger partial charge in [-0.05, 0) is 14.0 Å². The molecule has 7 heteroatoms. The van der Waals surface area contributed by atoms with E-state index in [-0.39, 0.29) is 18.4 Å². The zero-order chi connectivity index (χ0) is 14.1. The number of nitrogens with one attached hydrogen (secondary N) is 2. The standard InChI is InChI=1S/C11H21N3O4/c1-5-12-11(17)13-9(15)7-14(3)6-8(2)10(16)18-4/h8H,5-7H2,1-4H3,(H2,12,13,15,17). The quantitative estimate of drug-likeness (QED) is 0.632. The lowest BCUT2D eigenvalue weighted by molar-refractivity contribution is -0.145. The molecule has 3 amide bonds. The van der Waals surface area contributed by atoms with Crippen LogP contribution in [-0.4, -0.2) is 56.6 Å². The maximum absolute atomic E-state index is 11.4. The Morgan fingerprint density at radius 1 is 1.33 bits per heavy atom. The lowest BCUT2D eigenvalue weighted by Gasteiger charge is -2.19. The third-order valence-electron chi connectivity index (χ3n) is 2.19. The molecule has 0 fully saturated rings. The third-order valence-corrected chi connectivity index (χ3v) is 2.19. The number of hydrogen-bond acceptors (Lipinski definition) is 5. The van der Waals surface area contributed by atoms with Gasteiger partial charge in [0.05, 0.1) is 19.6 Å². The molecule has 0 rings (SSSR count). The maximum Gasteiger partial charge on any atom is 0.321 e. The van der Waals surface area contributed by atoms with E-state index in [0.29, 0.717) is 13.1 Å². The van der Waals surface area contributed by atoms with Crippen molar-refractivity contribution in [3.05, 3.63) is 0 Å². The van der Waals surface area contributed by atoms with E-state index < -0.39 is 11.9 Å². The van der Waals surface area contributed by atoms with Gasteiger partial charge in [-0.1, -0.05) is 6.92 Å². The number of esters is 1. The molecule has 0 aromatic carbocycles. The highest BCUT2D eigenvalue weighted by molar-refractivity contribution is 5.95. The van der Waals surface area contributed by atoms with E-state index >= 15 is 0 Å². The summed E-state index contributed by atoms with van der Waals surface area (Å²) in [6.45, 7) is 4.35. The van der Waals surface area contributed by atoms with Crippen LogP contribution in [0.25, 0.3) is 0 Å². The van der Waals surface area contributed by atoms with Crippen LogP contribution < -0.4 is 10.6 Å². The van der Waals surface area contributed by atoms with Gasteiger partial charge in [0.15, 0.2) is 0 Å². The van der Waals surface area contributed by atoms with Crippen molar-refractivity contribution in [3.8, 4) is 0 Å². The van der Waals surface area contributed by atoms with Gasteiger partial charge in [-0.25, -0.2) is 4.79 Å². The number of rotatable bonds is 6. The van der Waals surface area contributed by atoms with Gasteiger partial charge in [-0.3, -0.25) is 19.8 Å². The number of hydrogen-bond donors (Lipinski definition) is 2. The van der Waals surface area contributed by atoms with Crippen LogP contribution in [0, 0.1) is 5.92 Å². The van der Waals surface area contributed by atoms with E-state index in [9.17, 15) is 14.4 Å². The Morgan fingerprint density at radius 2 is 1.94 bits per heavy atom. The molecule has 0 aliphatic carbocycles. The van der Waals surface area contributed by atoms with E-state index in [2.05, 4.69) is 15.4 Å². The van der Waals surface area contributed by atoms with Crippen LogP contribution in [0.15, 0.2) is 0 Å². The lowest BCUT2D eigenvalue weighted by Crippen LogP contribution is -2.44. The zero-order valence-electron chi connectivity index (χ0n) is 11.3. The highest BCUT2D eigenvalue weighted by atomic mass is 16.5. The molecule has 0 aliphatic heterocycles. The molecule has 104 valence electrons. The van der Waals surface area contributed by atoms with Crippen molar-refractivity contribution in [2.45, 2.75) is 13.8 Å². The Labute approximate surface area is 107 Å². The molecule has 0 bridgehead atoms. The molecule has 18 heavy (non-hydrogen) atoms. The molecule has 0 aromatic heterocycles. The summed E-state index contributed by atoms with van der Waals surface area (Å²) in [6.07, 6.45) is 0. The highest BCUT2D eigenvalue weighted by Gasteiger charge is 2.17. The van der Waals surface area contributed by atoms with E-state index in [0.717, 1.165) is 0 Å². The van der Waals surface area contributed by atoms with Gasteiger partial charge >= 0.3 is 12.0 Å². The summed E-state index contributed by atoms with van der Waals surface area (Å²) in [5.41, 5.74) is 0. The van der Waals surface area contributed by atoms with Crippen LogP contribution in [0.2, 0.25) is 0 Å². The van der Waals surface area contributed by atoms with Crippen molar-refractivity contribution < 1.29 is 19.1 Å². The van der Waals surface area contributed by atoms with Gasteiger partial charge < -0.3 is 10.1 Å². The first-order valence-electron chi connectivity index (χ1n) is 5.74. The first-order valence-corrected chi connectivity index (χ1v) is 5.74. The molecular formula is C11H21N3O4. The van der Waals surface area contributed by atoms with Gasteiger partial charge in [0.2, 0.25) is 5.91 Å². The minimum atomic E-state index is -0.517. The number of carbonyl (C=O) groups excluding carboxylic acids is 3. The monoisotopic (exact) mass is 259 g/mol. The van der Waals surface area contributed by atoms with Gasteiger partial charge in [0, 0.05) is 13.1 Å². The number of ether oxygens (including phenoxy) is 1. The Kier molecular flexibility index (Phi) is 7.69. The lowest BCUT2D eigenvalue weighted by atomic mass is 10.2. The largest absolute Gasteiger partial charge is 0.469 e. The van der Waals surface area contributed by atoms with Crippen molar-refractivity contribution >= 4 is 17.9 Å². The Bertz CT molecular complexity index is 307. The second-order valence-electron chi connectivity index (χ2n) is 4.03. The fraction of sp³-hybridized carbons (Fsp3) is 0.727. The van der Waals surface area contributed by atoms with Crippen LogP contribution in [0.4, 0.5) is 4.79 Å². The zero-order valence-corrected chi connectivity index (χ0v) is 11.3. The summed E-state index contributed by atoms with van der Waals surface area (Å²) >= 11 is 0. The van der Waals surface area contributed by atoms with Crippen LogP contribution >= 0.6 is 0 Å². The van der Waals surface area contributed by atoms with Gasteiger partial charge in [-0.15, -0.1) is 0 Å². The summed E-state index contributed by atoms with van der Waals surface area (Å²) in [6, 6.07) is -0.517. The average molecular weight is 259 g/mol. The molecule has 2 N–H and O–H groups in total. The van der Waals surface area contributed by atoms with E-state index in [1.165, 1.54) is 7.11 Å². The number of carbonyl (C=O) groups is 3. The van der Waals surface area contributed by atoms with E-state index in [1.54, 1.807) is 25.8 Å². The van der Waals surface area contributed by atoms with E-state index in [4.69, 9.17) is 0 Å². The predicted molar refractivity (Wildman–Crippen MR) is 65.9 cm³/mol. The molecule has 0 aliphatic rings. The smallest absolute Gasteiger partial charge is 0.321 e. The minimum absolute atomic E-state index is 0.0401. The number of nitrogens with zero attached hydrogens (tertiary/aromatic N) is 1. The number of likely N-dealkylation sites (N-methyl/N-ethyl adjacent to an activating group) is 1. The Morgan fingerprint density at radius 3 is 2.44 bits per heavy atom. The van der Waals surface area contributed by atoms with Gasteiger partial charge in [-0.2, -0.15) is 0 Å². The van der Waals surface area contributed by atoms with Crippen LogP contribution in [0.1, 0.15) is 13.8 Å². The number of methoxy groups -OCH3 is 1. The van der Waals surface area contributed by atoms with Crippen molar-refractivity contribution in [1.29, 1.82) is 0 Å². The summed E-state index contributed by atoms with van der Waals surface area (Å²) in [4.78, 5) is 35.3. The SMILES string of the molecule is CCNC(=O)NC(=O)CN(C)CC(C)C(=O)OC. The van der Waals surface area contributed by atoms with Gasteiger partial charge in [0.1, 0.15) is 0 Å². The molecule has 1 unspecified atom stereocenters. The Hall–Kier alpha value is -1.63. The molecule has 7 nitrogen and oxygen atoms in total. The molecule has 1 atom stereocenters. The predicted octanol–water partition coefficient (Wildman–Crippen LogP) is -0.427. The molecule has 0 saturated carbocycles. The van der Waals surface area contributed by atoms with Crippen molar-refractivity contribution in [3.63, 3.8) is 0 Å². The fourth-order valence-electron chi connectivity index (χ4n) is 1.42. The molecule has 0 heterocycles. The molecule has 0 saturated heterocycles. The molecule has 0 spiro atoms. The summed E-state index contributed by atoms with van der Waals surface area (Å²) in [7, 11) is 3.01.